The lowest BCUT2D eigenvalue weighted by Gasteiger charge is -2.34. The van der Waals surface area contributed by atoms with Crippen molar-refractivity contribution in [2.24, 2.45) is 11.8 Å². The smallest absolute Gasteiger partial charge is 0.0366 e. The Kier molecular flexibility index (Phi) is 5.90. The molecule has 1 aliphatic rings. The van der Waals surface area contributed by atoms with Crippen molar-refractivity contribution in [3.8, 4) is 0 Å². The highest BCUT2D eigenvalue weighted by Crippen LogP contribution is 2.27. The average Bonchev–Trinajstić information content (AvgIpc) is 2.46. The summed E-state index contributed by atoms with van der Waals surface area (Å²) in [4.78, 5) is 2.55. The first kappa shape index (κ1) is 16.1. The van der Waals surface area contributed by atoms with E-state index in [1.54, 1.807) is 0 Å². The molecule has 0 spiro atoms. The molecule has 0 saturated carbocycles. The number of rotatable bonds is 5. The second-order valence-corrected chi connectivity index (χ2v) is 7.21. The summed E-state index contributed by atoms with van der Waals surface area (Å²) in [6.07, 6.45) is 7.78. The monoisotopic (exact) mass is 285 g/mol. The molecule has 0 bridgehead atoms. The molecule has 0 unspecified atom stereocenters. The third kappa shape index (κ3) is 5.22. The van der Waals surface area contributed by atoms with Crippen LogP contribution in [0, 0.1) is 11.8 Å². The Hall–Kier alpha value is -1.24. The number of hydrogen-bond donors (Lipinski definition) is 0. The van der Waals surface area contributed by atoms with Gasteiger partial charge in [0.15, 0.2) is 0 Å². The van der Waals surface area contributed by atoms with Crippen molar-refractivity contribution in [3.05, 3.63) is 35.4 Å². The van der Waals surface area contributed by atoms with Gasteiger partial charge < -0.3 is 4.90 Å². The Labute approximate surface area is 131 Å². The summed E-state index contributed by atoms with van der Waals surface area (Å²) in [7, 11) is 0. The van der Waals surface area contributed by atoms with Crippen molar-refractivity contribution in [2.45, 2.75) is 53.4 Å². The molecule has 1 aromatic carbocycles. The molecule has 0 radical (unpaired) electrons. The van der Waals surface area contributed by atoms with Gasteiger partial charge in [-0.25, -0.2) is 0 Å². The fourth-order valence-electron chi connectivity index (χ4n) is 3.16. The highest BCUT2D eigenvalue weighted by Gasteiger charge is 2.19. The molecular formula is C20H31N. The summed E-state index contributed by atoms with van der Waals surface area (Å²) in [5.74, 6) is 1.80. The molecular weight excluding hydrogens is 254 g/mol. The number of nitrogens with zero attached hydrogens (tertiary/aromatic N) is 1. The molecule has 1 heterocycles. The molecule has 0 aliphatic carbocycles. The van der Waals surface area contributed by atoms with Crippen LogP contribution in [0.3, 0.4) is 0 Å². The Morgan fingerprint density at radius 3 is 2.29 bits per heavy atom. The molecule has 21 heavy (non-hydrogen) atoms. The molecule has 1 aromatic rings. The maximum atomic E-state index is 2.55. The van der Waals surface area contributed by atoms with Gasteiger partial charge in [-0.2, -0.15) is 0 Å². The van der Waals surface area contributed by atoms with Crippen LogP contribution in [0.4, 0.5) is 5.69 Å². The van der Waals surface area contributed by atoms with Crippen LogP contribution in [0.15, 0.2) is 29.8 Å². The van der Waals surface area contributed by atoms with Gasteiger partial charge in [0.25, 0.3) is 0 Å². The van der Waals surface area contributed by atoms with Crippen molar-refractivity contribution >= 4 is 11.8 Å². The van der Waals surface area contributed by atoms with Crippen molar-refractivity contribution in [3.63, 3.8) is 0 Å². The van der Waals surface area contributed by atoms with E-state index in [0.29, 0.717) is 0 Å². The summed E-state index contributed by atoms with van der Waals surface area (Å²) in [5.41, 5.74) is 4.06. The number of allylic oxidation sites excluding steroid dienone is 1. The van der Waals surface area contributed by atoms with Gasteiger partial charge in [-0.3, -0.25) is 0 Å². The summed E-state index contributed by atoms with van der Waals surface area (Å²) in [6.45, 7) is 11.4. The van der Waals surface area contributed by atoms with E-state index in [1.165, 1.54) is 55.6 Å². The van der Waals surface area contributed by atoms with E-state index in [-0.39, 0.29) is 0 Å². The van der Waals surface area contributed by atoms with E-state index < -0.39 is 0 Å². The minimum Gasteiger partial charge on any atom is -0.372 e. The average molecular weight is 285 g/mol. The molecule has 1 heteroatoms. The van der Waals surface area contributed by atoms with Gasteiger partial charge in [0.1, 0.15) is 0 Å². The van der Waals surface area contributed by atoms with Gasteiger partial charge in [0.05, 0.1) is 0 Å². The molecule has 1 aliphatic heterocycles. The third-order valence-corrected chi connectivity index (χ3v) is 4.48. The second kappa shape index (κ2) is 7.68. The van der Waals surface area contributed by atoms with E-state index in [4.69, 9.17) is 0 Å². The Morgan fingerprint density at radius 2 is 1.76 bits per heavy atom. The summed E-state index contributed by atoms with van der Waals surface area (Å²) < 4.78 is 0. The minimum absolute atomic E-state index is 0.852. The van der Waals surface area contributed by atoms with Gasteiger partial charge in [0, 0.05) is 18.8 Å². The topological polar surface area (TPSA) is 3.24 Å². The van der Waals surface area contributed by atoms with Crippen LogP contribution in [-0.2, 0) is 0 Å². The first-order valence-electron chi connectivity index (χ1n) is 8.54. The number of hydrogen-bond acceptors (Lipinski definition) is 1. The van der Waals surface area contributed by atoms with E-state index >= 15 is 0 Å². The van der Waals surface area contributed by atoms with Gasteiger partial charge >= 0.3 is 0 Å². The first-order valence-corrected chi connectivity index (χ1v) is 8.54. The van der Waals surface area contributed by atoms with Gasteiger partial charge in [-0.1, -0.05) is 50.5 Å². The Morgan fingerprint density at radius 1 is 1.14 bits per heavy atom. The van der Waals surface area contributed by atoms with Crippen LogP contribution < -0.4 is 4.90 Å². The van der Waals surface area contributed by atoms with E-state index in [0.717, 1.165) is 11.8 Å². The highest BCUT2D eigenvalue weighted by atomic mass is 15.1. The van der Waals surface area contributed by atoms with E-state index in [1.807, 2.05) is 0 Å². The predicted molar refractivity (Wildman–Crippen MR) is 94.8 cm³/mol. The first-order chi connectivity index (χ1) is 10.0. The lowest BCUT2D eigenvalue weighted by Crippen LogP contribution is -2.33. The second-order valence-electron chi connectivity index (χ2n) is 7.21. The summed E-state index contributed by atoms with van der Waals surface area (Å²) in [6, 6.07) is 9.05. The van der Waals surface area contributed by atoms with E-state index in [9.17, 15) is 0 Å². The van der Waals surface area contributed by atoms with Gasteiger partial charge in [0.2, 0.25) is 0 Å². The number of benzene rings is 1. The maximum absolute atomic E-state index is 2.55. The zero-order valence-electron chi connectivity index (χ0n) is 14.2. The standard InChI is InChI=1S/C20H31N/c1-16(2)5-6-18-11-13-21(14-12-18)20-9-7-19(8-10-20)15-17(3)4/h7-10,15-16,18H,5-6,11-14H2,1-4H3. The lowest BCUT2D eigenvalue weighted by molar-refractivity contribution is 0.351. The number of anilines is 1. The van der Waals surface area contributed by atoms with Crippen LogP contribution in [0.5, 0.6) is 0 Å². The third-order valence-electron chi connectivity index (χ3n) is 4.48. The molecule has 116 valence electrons. The zero-order valence-corrected chi connectivity index (χ0v) is 14.2. The number of piperidine rings is 1. The molecule has 1 fully saturated rings. The van der Waals surface area contributed by atoms with Crippen molar-refractivity contribution < 1.29 is 0 Å². The Bertz CT molecular complexity index is 443. The quantitative estimate of drug-likeness (QED) is 0.664. The molecule has 0 N–H and O–H groups in total. The molecule has 1 nitrogen and oxygen atoms in total. The van der Waals surface area contributed by atoms with Crippen LogP contribution in [0.1, 0.15) is 58.9 Å². The fraction of sp³-hybridized carbons (Fsp3) is 0.600. The van der Waals surface area contributed by atoms with Crippen LogP contribution in [-0.4, -0.2) is 13.1 Å². The Balaban J connectivity index is 1.86. The lowest BCUT2D eigenvalue weighted by atomic mass is 9.89. The minimum atomic E-state index is 0.852. The molecule has 1 saturated heterocycles. The zero-order chi connectivity index (χ0) is 15.2. The van der Waals surface area contributed by atoms with Gasteiger partial charge in [-0.05, 0) is 56.2 Å². The molecule has 2 rings (SSSR count). The SMILES string of the molecule is CC(C)=Cc1ccc(N2CCC(CCC(C)C)CC2)cc1. The molecule has 0 aromatic heterocycles. The summed E-state index contributed by atoms with van der Waals surface area (Å²) >= 11 is 0. The fourth-order valence-corrected chi connectivity index (χ4v) is 3.16. The van der Waals surface area contributed by atoms with Crippen LogP contribution in [0.2, 0.25) is 0 Å². The van der Waals surface area contributed by atoms with Crippen LogP contribution in [0.25, 0.3) is 6.08 Å². The van der Waals surface area contributed by atoms with Crippen molar-refractivity contribution in [2.75, 3.05) is 18.0 Å². The summed E-state index contributed by atoms with van der Waals surface area (Å²) in [5, 5.41) is 0. The van der Waals surface area contributed by atoms with E-state index in [2.05, 4.69) is 62.9 Å². The van der Waals surface area contributed by atoms with Crippen molar-refractivity contribution in [1.82, 2.24) is 0 Å². The molecule has 0 atom stereocenters. The highest BCUT2D eigenvalue weighted by molar-refractivity contribution is 5.57. The van der Waals surface area contributed by atoms with Gasteiger partial charge in [-0.15, -0.1) is 0 Å². The van der Waals surface area contributed by atoms with Crippen LogP contribution >= 0.6 is 0 Å². The normalized spacial score (nSPS) is 16.3. The maximum Gasteiger partial charge on any atom is 0.0366 e. The predicted octanol–water partition coefficient (Wildman–Crippen LogP) is 5.76. The largest absolute Gasteiger partial charge is 0.372 e. The van der Waals surface area contributed by atoms with Crippen molar-refractivity contribution in [1.29, 1.82) is 0 Å². The molecule has 0 amide bonds.